The van der Waals surface area contributed by atoms with Gasteiger partial charge in [0.1, 0.15) is 0 Å². The number of phenols is 1. The Labute approximate surface area is 250 Å². The highest BCUT2D eigenvalue weighted by Gasteiger charge is 2.58. The molecule has 2 saturated heterocycles. The summed E-state index contributed by atoms with van der Waals surface area (Å²) >= 11 is 2.08. The molecule has 8 nitrogen and oxygen atoms in total. The van der Waals surface area contributed by atoms with Gasteiger partial charge in [-0.15, -0.1) is 0 Å². The Balaban J connectivity index is 1.39. The summed E-state index contributed by atoms with van der Waals surface area (Å²) < 4.78 is 12.1. The van der Waals surface area contributed by atoms with Crippen LogP contribution >= 0.6 is 22.6 Å². The van der Waals surface area contributed by atoms with E-state index in [0.717, 1.165) is 55.2 Å². The number of ether oxygens (including phenoxy) is 1. The summed E-state index contributed by atoms with van der Waals surface area (Å²) in [5, 5.41) is 31.3. The number of phenolic OH excluding ortho intramolecular Hbond substituents is 1. The van der Waals surface area contributed by atoms with Crippen molar-refractivity contribution in [2.75, 3.05) is 13.7 Å². The summed E-state index contributed by atoms with van der Waals surface area (Å²) in [4.78, 5) is 28.9. The van der Waals surface area contributed by atoms with Gasteiger partial charge in [0.15, 0.2) is 11.5 Å². The molecule has 1 aromatic carbocycles. The number of halogens is 1. The van der Waals surface area contributed by atoms with Gasteiger partial charge >= 0.3 is 7.12 Å². The zero-order valence-electron chi connectivity index (χ0n) is 23.3. The molecule has 0 bridgehead atoms. The van der Waals surface area contributed by atoms with Gasteiger partial charge in [0.2, 0.25) is 11.8 Å². The standard InChI is InChI=1S/C30H39BINO7/c1-3-17(11-18-12-23(32)28(35)25(13-18)39-2)9-10-24-26-19(16-34)14-21-27(22(26)15-31(38)40-24)30(37)33(29(21)36)20-7-5-4-6-8-20/h11-13,20-22,24,27,34-35,38H,3-10,14-16H2,1-2H3/b17-11+/t21-,22+,24-,27-/m1/s1. The first-order valence-corrected chi connectivity index (χ1v) is 15.6. The van der Waals surface area contributed by atoms with E-state index in [-0.39, 0.29) is 42.5 Å². The first kappa shape index (κ1) is 29.6. The van der Waals surface area contributed by atoms with E-state index in [4.69, 9.17) is 9.39 Å². The first-order valence-electron chi connectivity index (χ1n) is 14.6. The third-order valence-electron chi connectivity index (χ3n) is 9.30. The molecule has 0 aromatic heterocycles. The van der Waals surface area contributed by atoms with Crippen LogP contribution in [0.25, 0.3) is 6.08 Å². The minimum absolute atomic E-state index is 0.0280. The third-order valence-corrected chi connectivity index (χ3v) is 10.1. The topological polar surface area (TPSA) is 117 Å². The van der Waals surface area contributed by atoms with E-state index in [1.807, 2.05) is 6.07 Å². The first-order chi connectivity index (χ1) is 19.3. The van der Waals surface area contributed by atoms with Gasteiger partial charge in [-0.2, -0.15) is 0 Å². The number of hydrogen-bond acceptors (Lipinski definition) is 7. The van der Waals surface area contributed by atoms with Crippen LogP contribution in [-0.2, 0) is 14.2 Å². The maximum Gasteiger partial charge on any atom is 0.455 e. The maximum atomic E-state index is 13.8. The van der Waals surface area contributed by atoms with E-state index >= 15 is 0 Å². The second-order valence-electron chi connectivity index (χ2n) is 11.6. The molecule has 1 saturated carbocycles. The number of carbonyl (C=O) groups is 2. The largest absolute Gasteiger partial charge is 0.504 e. The third kappa shape index (κ3) is 5.61. The van der Waals surface area contributed by atoms with Crippen molar-refractivity contribution >= 4 is 47.6 Å². The van der Waals surface area contributed by atoms with Crippen molar-refractivity contribution in [2.24, 2.45) is 17.8 Å². The van der Waals surface area contributed by atoms with Crippen LogP contribution in [-0.4, -0.2) is 64.9 Å². The fourth-order valence-corrected chi connectivity index (χ4v) is 7.99. The highest BCUT2D eigenvalue weighted by Crippen LogP contribution is 2.51. The quantitative estimate of drug-likeness (QED) is 0.160. The number of allylic oxidation sites excluding steroid dienone is 1. The van der Waals surface area contributed by atoms with Crippen LogP contribution in [0.4, 0.5) is 0 Å². The van der Waals surface area contributed by atoms with E-state index in [9.17, 15) is 24.8 Å². The Morgan fingerprint density at radius 3 is 2.62 bits per heavy atom. The van der Waals surface area contributed by atoms with Crippen molar-refractivity contribution in [2.45, 2.75) is 83.2 Å². The minimum Gasteiger partial charge on any atom is -0.504 e. The van der Waals surface area contributed by atoms with Gasteiger partial charge in [0, 0.05) is 6.04 Å². The maximum absolute atomic E-state index is 13.8. The zero-order chi connectivity index (χ0) is 28.6. The number of rotatable bonds is 8. The molecule has 3 N–H and O–H groups in total. The molecule has 0 radical (unpaired) electrons. The minimum atomic E-state index is -1.03. The van der Waals surface area contributed by atoms with Crippen LogP contribution in [0, 0.1) is 21.3 Å². The fourth-order valence-electron chi connectivity index (χ4n) is 7.37. The molecule has 10 heteroatoms. The Bertz CT molecular complexity index is 1210. The summed E-state index contributed by atoms with van der Waals surface area (Å²) in [6, 6.07) is 3.68. The van der Waals surface area contributed by atoms with Crippen LogP contribution in [0.5, 0.6) is 11.5 Å². The molecule has 2 amide bonds. The van der Waals surface area contributed by atoms with Gasteiger partial charge in [-0.25, -0.2) is 0 Å². The lowest BCUT2D eigenvalue weighted by atomic mass is 9.58. The number of fused-ring (bicyclic) bond motifs is 3. The van der Waals surface area contributed by atoms with Crippen LogP contribution < -0.4 is 4.74 Å². The number of aliphatic hydroxyl groups is 1. The molecule has 2 aliphatic heterocycles. The number of aromatic hydroxyl groups is 1. The Hall–Kier alpha value is -1.89. The van der Waals surface area contributed by atoms with E-state index in [0.29, 0.717) is 28.6 Å². The van der Waals surface area contributed by atoms with E-state index in [2.05, 4.69) is 35.6 Å². The molecule has 0 unspecified atom stereocenters. The number of imide groups is 1. The van der Waals surface area contributed by atoms with Crippen molar-refractivity contribution in [3.05, 3.63) is 38.0 Å². The van der Waals surface area contributed by atoms with Gasteiger partial charge in [-0.3, -0.25) is 14.5 Å². The monoisotopic (exact) mass is 663 g/mol. The summed E-state index contributed by atoms with van der Waals surface area (Å²) in [5.74, 6) is -0.920. The number of likely N-dealkylation sites (tertiary alicyclic amines) is 1. The number of methoxy groups -OCH3 is 1. The normalized spacial score (nSPS) is 27.8. The Morgan fingerprint density at radius 2 is 1.95 bits per heavy atom. The number of aliphatic hydroxyl groups excluding tert-OH is 1. The van der Waals surface area contributed by atoms with Gasteiger partial charge < -0.3 is 24.6 Å². The Morgan fingerprint density at radius 1 is 1.20 bits per heavy atom. The number of benzene rings is 1. The van der Waals surface area contributed by atoms with Gasteiger partial charge in [0.05, 0.1) is 35.2 Å². The predicted molar refractivity (Wildman–Crippen MR) is 160 cm³/mol. The molecule has 1 aromatic rings. The lowest BCUT2D eigenvalue weighted by Gasteiger charge is -2.43. The second kappa shape index (κ2) is 12.5. The SMILES string of the molecule is CC/C(=C\c1cc(I)c(O)c(OC)c1)CC[C@H]1OB(O)C[C@H]2C1=C(CO)C[C@H]1C(=O)N(C3CCCCC3)C(=O)[C@H]12. The van der Waals surface area contributed by atoms with Crippen LogP contribution in [0.1, 0.15) is 70.3 Å². The molecule has 5 rings (SSSR count). The zero-order valence-corrected chi connectivity index (χ0v) is 25.4. The highest BCUT2D eigenvalue weighted by molar-refractivity contribution is 14.1. The lowest BCUT2D eigenvalue weighted by molar-refractivity contribution is -0.143. The lowest BCUT2D eigenvalue weighted by Crippen LogP contribution is -2.47. The molecular formula is C30H39BINO7. The average Bonchev–Trinajstić information content (AvgIpc) is 3.21. The number of carbonyl (C=O) groups excluding carboxylic acids is 2. The van der Waals surface area contributed by atoms with Crippen molar-refractivity contribution in [1.29, 1.82) is 0 Å². The van der Waals surface area contributed by atoms with Crippen molar-refractivity contribution < 1.29 is 34.2 Å². The molecule has 40 heavy (non-hydrogen) atoms. The number of hydrogen-bond donors (Lipinski definition) is 3. The van der Waals surface area contributed by atoms with Crippen LogP contribution in [0.2, 0.25) is 6.32 Å². The van der Waals surface area contributed by atoms with E-state index in [1.54, 1.807) is 11.0 Å². The molecule has 0 spiro atoms. The van der Waals surface area contributed by atoms with Crippen molar-refractivity contribution in [3.63, 3.8) is 0 Å². The second-order valence-corrected chi connectivity index (χ2v) is 12.7. The van der Waals surface area contributed by atoms with E-state index < -0.39 is 25.1 Å². The van der Waals surface area contributed by atoms with Gasteiger partial charge in [0.25, 0.3) is 0 Å². The summed E-state index contributed by atoms with van der Waals surface area (Å²) in [6.07, 6.45) is 9.29. The molecule has 3 fully saturated rings. The van der Waals surface area contributed by atoms with Gasteiger partial charge in [-0.1, -0.05) is 37.8 Å². The van der Waals surface area contributed by atoms with E-state index in [1.165, 1.54) is 12.7 Å². The molecule has 4 aliphatic rings. The predicted octanol–water partition coefficient (Wildman–Crippen LogP) is 4.70. The van der Waals surface area contributed by atoms with Gasteiger partial charge in [-0.05, 0) is 102 Å². The Kier molecular flexibility index (Phi) is 9.29. The molecular weight excluding hydrogens is 624 g/mol. The summed E-state index contributed by atoms with van der Waals surface area (Å²) in [6.45, 7) is 1.90. The molecule has 2 heterocycles. The van der Waals surface area contributed by atoms with Crippen LogP contribution in [0.15, 0.2) is 28.9 Å². The highest BCUT2D eigenvalue weighted by atomic mass is 127. The number of amides is 2. The smallest absolute Gasteiger partial charge is 0.455 e. The average molecular weight is 663 g/mol. The summed E-state index contributed by atoms with van der Waals surface area (Å²) in [5.41, 5.74) is 3.79. The van der Waals surface area contributed by atoms with Crippen molar-refractivity contribution in [1.82, 2.24) is 4.90 Å². The van der Waals surface area contributed by atoms with Crippen LogP contribution in [0.3, 0.4) is 0 Å². The summed E-state index contributed by atoms with van der Waals surface area (Å²) in [7, 11) is 0.501. The molecule has 2 aliphatic carbocycles. The molecule has 4 atom stereocenters. The molecule has 216 valence electrons. The van der Waals surface area contributed by atoms with Crippen molar-refractivity contribution in [3.8, 4) is 11.5 Å². The fraction of sp³-hybridized carbons (Fsp3) is 0.600. The number of nitrogens with zero attached hydrogens (tertiary/aromatic N) is 1.